The molecule has 5 nitrogen and oxygen atoms in total. The van der Waals surface area contributed by atoms with E-state index >= 15 is 0 Å². The standard InChI is InChI=1S/C10H19N3O2/c1-9(14)11-4-5-12-10(15)8-13-6-2-3-7-13/h2-8H2,1H3,(H,11,14)(H,12,15). The molecule has 0 aromatic rings. The second-order valence-corrected chi connectivity index (χ2v) is 3.82. The van der Waals surface area contributed by atoms with Crippen LogP contribution in [0.2, 0.25) is 0 Å². The number of carbonyl (C=O) groups is 2. The fraction of sp³-hybridized carbons (Fsp3) is 0.800. The lowest BCUT2D eigenvalue weighted by Crippen LogP contribution is -2.39. The monoisotopic (exact) mass is 213 g/mol. The van der Waals surface area contributed by atoms with Gasteiger partial charge in [0, 0.05) is 20.0 Å². The van der Waals surface area contributed by atoms with E-state index in [4.69, 9.17) is 0 Å². The zero-order chi connectivity index (χ0) is 11.1. The Kier molecular flexibility index (Phi) is 5.10. The molecule has 1 rings (SSSR count). The number of likely N-dealkylation sites (tertiary alicyclic amines) is 1. The van der Waals surface area contributed by atoms with E-state index in [9.17, 15) is 9.59 Å². The summed E-state index contributed by atoms with van der Waals surface area (Å²) in [6.07, 6.45) is 2.39. The molecule has 0 radical (unpaired) electrons. The molecule has 0 saturated carbocycles. The minimum Gasteiger partial charge on any atom is -0.355 e. The highest BCUT2D eigenvalue weighted by molar-refractivity contribution is 5.78. The number of hydrogen-bond acceptors (Lipinski definition) is 3. The van der Waals surface area contributed by atoms with Gasteiger partial charge in [-0.25, -0.2) is 0 Å². The maximum Gasteiger partial charge on any atom is 0.234 e. The summed E-state index contributed by atoms with van der Waals surface area (Å²) in [5.74, 6) is -0.0222. The predicted molar refractivity (Wildman–Crippen MR) is 57.4 cm³/mol. The van der Waals surface area contributed by atoms with Crippen LogP contribution in [0.3, 0.4) is 0 Å². The number of nitrogens with zero attached hydrogens (tertiary/aromatic N) is 1. The SMILES string of the molecule is CC(=O)NCCNC(=O)CN1CCCC1. The Labute approximate surface area is 90.2 Å². The highest BCUT2D eigenvalue weighted by Crippen LogP contribution is 2.05. The number of nitrogens with one attached hydrogen (secondary N) is 2. The van der Waals surface area contributed by atoms with Crippen LogP contribution in [0.15, 0.2) is 0 Å². The highest BCUT2D eigenvalue weighted by Gasteiger charge is 2.14. The number of amides is 2. The molecule has 2 amide bonds. The Balaban J connectivity index is 2.00. The molecule has 15 heavy (non-hydrogen) atoms. The van der Waals surface area contributed by atoms with Crippen molar-refractivity contribution in [2.45, 2.75) is 19.8 Å². The molecule has 0 bridgehead atoms. The summed E-state index contributed by atoms with van der Waals surface area (Å²) in [7, 11) is 0. The summed E-state index contributed by atoms with van der Waals surface area (Å²) < 4.78 is 0. The second-order valence-electron chi connectivity index (χ2n) is 3.82. The van der Waals surface area contributed by atoms with Gasteiger partial charge in [0.25, 0.3) is 0 Å². The van der Waals surface area contributed by atoms with Crippen molar-refractivity contribution >= 4 is 11.8 Å². The molecule has 0 aromatic carbocycles. The normalized spacial score (nSPS) is 16.3. The van der Waals surface area contributed by atoms with E-state index in [1.807, 2.05) is 0 Å². The van der Waals surface area contributed by atoms with Gasteiger partial charge in [-0.15, -0.1) is 0 Å². The van der Waals surface area contributed by atoms with Crippen LogP contribution in [0.1, 0.15) is 19.8 Å². The van der Waals surface area contributed by atoms with Crippen LogP contribution in [0, 0.1) is 0 Å². The van der Waals surface area contributed by atoms with Crippen molar-refractivity contribution in [3.05, 3.63) is 0 Å². The van der Waals surface area contributed by atoms with E-state index in [0.29, 0.717) is 19.6 Å². The maximum atomic E-state index is 11.4. The molecule has 0 spiro atoms. The molecule has 0 aliphatic carbocycles. The van der Waals surface area contributed by atoms with E-state index in [-0.39, 0.29) is 11.8 Å². The minimum atomic E-state index is -0.0659. The fourth-order valence-electron chi connectivity index (χ4n) is 1.64. The Morgan fingerprint density at radius 1 is 1.13 bits per heavy atom. The Morgan fingerprint density at radius 3 is 2.33 bits per heavy atom. The number of carbonyl (C=O) groups excluding carboxylic acids is 2. The van der Waals surface area contributed by atoms with Crippen LogP contribution in [-0.2, 0) is 9.59 Å². The quantitative estimate of drug-likeness (QED) is 0.596. The largest absolute Gasteiger partial charge is 0.355 e. The van der Waals surface area contributed by atoms with Crippen LogP contribution in [0.4, 0.5) is 0 Å². The van der Waals surface area contributed by atoms with Gasteiger partial charge in [-0.1, -0.05) is 0 Å². The maximum absolute atomic E-state index is 11.4. The average Bonchev–Trinajstić information content (AvgIpc) is 2.64. The zero-order valence-corrected chi connectivity index (χ0v) is 9.21. The van der Waals surface area contributed by atoms with Crippen LogP contribution in [0.25, 0.3) is 0 Å². The topological polar surface area (TPSA) is 61.4 Å². The molecular formula is C10H19N3O2. The van der Waals surface area contributed by atoms with Crippen molar-refractivity contribution in [2.24, 2.45) is 0 Å². The highest BCUT2D eigenvalue weighted by atomic mass is 16.2. The van der Waals surface area contributed by atoms with Crippen molar-refractivity contribution in [3.63, 3.8) is 0 Å². The summed E-state index contributed by atoms with van der Waals surface area (Å²) in [5, 5.41) is 5.40. The Hall–Kier alpha value is -1.10. The van der Waals surface area contributed by atoms with Crippen LogP contribution in [0.5, 0.6) is 0 Å². The smallest absolute Gasteiger partial charge is 0.234 e. The first-order valence-electron chi connectivity index (χ1n) is 5.42. The van der Waals surface area contributed by atoms with Gasteiger partial charge in [-0.3, -0.25) is 14.5 Å². The van der Waals surface area contributed by atoms with Crippen LogP contribution in [-0.4, -0.2) is 49.4 Å². The molecule has 1 fully saturated rings. The van der Waals surface area contributed by atoms with Gasteiger partial charge in [-0.05, 0) is 25.9 Å². The number of rotatable bonds is 5. The second kappa shape index (κ2) is 6.40. The van der Waals surface area contributed by atoms with Crippen molar-refractivity contribution in [1.29, 1.82) is 0 Å². The summed E-state index contributed by atoms with van der Waals surface area (Å²) in [5.41, 5.74) is 0. The first-order valence-corrected chi connectivity index (χ1v) is 5.42. The van der Waals surface area contributed by atoms with E-state index in [1.165, 1.54) is 19.8 Å². The van der Waals surface area contributed by atoms with Crippen molar-refractivity contribution < 1.29 is 9.59 Å². The van der Waals surface area contributed by atoms with Gasteiger partial charge in [0.1, 0.15) is 0 Å². The van der Waals surface area contributed by atoms with Crippen LogP contribution >= 0.6 is 0 Å². The molecule has 0 atom stereocenters. The summed E-state index contributed by atoms with van der Waals surface area (Å²) in [6, 6.07) is 0. The zero-order valence-electron chi connectivity index (χ0n) is 9.21. The van der Waals surface area contributed by atoms with Gasteiger partial charge < -0.3 is 10.6 Å². The molecule has 1 saturated heterocycles. The molecule has 0 unspecified atom stereocenters. The third kappa shape index (κ3) is 5.37. The molecule has 1 heterocycles. The fourth-order valence-corrected chi connectivity index (χ4v) is 1.64. The van der Waals surface area contributed by atoms with Gasteiger partial charge in [-0.2, -0.15) is 0 Å². The van der Waals surface area contributed by atoms with Crippen molar-refractivity contribution in [3.8, 4) is 0 Å². The molecule has 5 heteroatoms. The summed E-state index contributed by atoms with van der Waals surface area (Å²) >= 11 is 0. The summed E-state index contributed by atoms with van der Waals surface area (Å²) in [4.78, 5) is 24.1. The lowest BCUT2D eigenvalue weighted by molar-refractivity contribution is -0.122. The lowest BCUT2D eigenvalue weighted by atomic mass is 10.4. The van der Waals surface area contributed by atoms with Gasteiger partial charge in [0.05, 0.1) is 6.54 Å². The Morgan fingerprint density at radius 2 is 1.73 bits per heavy atom. The molecule has 1 aliphatic rings. The molecule has 2 N–H and O–H groups in total. The van der Waals surface area contributed by atoms with Crippen molar-refractivity contribution in [1.82, 2.24) is 15.5 Å². The van der Waals surface area contributed by atoms with Crippen LogP contribution < -0.4 is 10.6 Å². The molecule has 0 aromatic heterocycles. The van der Waals surface area contributed by atoms with E-state index in [1.54, 1.807) is 0 Å². The van der Waals surface area contributed by atoms with Gasteiger partial charge >= 0.3 is 0 Å². The number of hydrogen-bond donors (Lipinski definition) is 2. The lowest BCUT2D eigenvalue weighted by Gasteiger charge is -2.13. The van der Waals surface area contributed by atoms with Gasteiger partial charge in [0.15, 0.2) is 0 Å². The first-order chi connectivity index (χ1) is 7.18. The van der Waals surface area contributed by atoms with Crippen molar-refractivity contribution in [2.75, 3.05) is 32.7 Å². The molecule has 86 valence electrons. The molecule has 1 aliphatic heterocycles. The minimum absolute atomic E-state index is 0.0438. The summed E-state index contributed by atoms with van der Waals surface area (Å²) in [6.45, 7) is 5.01. The van der Waals surface area contributed by atoms with Gasteiger partial charge in [0.2, 0.25) is 11.8 Å². The third-order valence-electron chi connectivity index (χ3n) is 2.39. The first kappa shape index (κ1) is 12.0. The average molecular weight is 213 g/mol. The van der Waals surface area contributed by atoms with E-state index in [0.717, 1.165) is 13.1 Å². The third-order valence-corrected chi connectivity index (χ3v) is 2.39. The van der Waals surface area contributed by atoms with E-state index < -0.39 is 0 Å². The predicted octanol–water partition coefficient (Wildman–Crippen LogP) is -0.665. The van der Waals surface area contributed by atoms with E-state index in [2.05, 4.69) is 15.5 Å². The molecular weight excluding hydrogens is 194 g/mol. The Bertz CT molecular complexity index is 225.